The van der Waals surface area contributed by atoms with Gasteiger partial charge in [-0.2, -0.15) is 0 Å². The van der Waals surface area contributed by atoms with Crippen molar-refractivity contribution in [2.75, 3.05) is 12.8 Å². The minimum Gasteiger partial charge on any atom is -0.497 e. The molecule has 1 heterocycles. The first kappa shape index (κ1) is 16.0. The number of methoxy groups -OCH3 is 1. The molecule has 3 N–H and O–H groups in total. The molecule has 0 fully saturated rings. The summed E-state index contributed by atoms with van der Waals surface area (Å²) in [4.78, 5) is 5.41. The number of benzene rings is 1. The number of aromatic nitrogens is 1. The number of allylic oxidation sites excluding steroid dienone is 3. The molecule has 22 heavy (non-hydrogen) atoms. The second kappa shape index (κ2) is 7.56. The first-order chi connectivity index (χ1) is 10.7. The van der Waals surface area contributed by atoms with Gasteiger partial charge in [-0.1, -0.05) is 24.3 Å². The molecule has 1 aromatic carbocycles. The van der Waals surface area contributed by atoms with E-state index in [1.807, 2.05) is 43.4 Å². The van der Waals surface area contributed by atoms with Crippen LogP contribution >= 0.6 is 11.3 Å². The number of hydrogen-bond donors (Lipinski definition) is 2. The van der Waals surface area contributed by atoms with Crippen molar-refractivity contribution in [1.82, 2.24) is 4.98 Å². The van der Waals surface area contributed by atoms with Crippen molar-refractivity contribution in [2.45, 2.75) is 13.3 Å². The Morgan fingerprint density at radius 2 is 2.18 bits per heavy atom. The first-order valence-electron chi connectivity index (χ1n) is 6.91. The molecule has 4 nitrogen and oxygen atoms in total. The number of anilines is 1. The Bertz CT molecular complexity index is 716. The molecule has 0 unspecified atom stereocenters. The molecule has 0 aliphatic heterocycles. The topological polar surface area (TPSA) is 72.0 Å². The molecule has 0 saturated carbocycles. The third-order valence-corrected chi connectivity index (χ3v) is 4.11. The van der Waals surface area contributed by atoms with Gasteiger partial charge < -0.3 is 10.5 Å². The van der Waals surface area contributed by atoms with E-state index in [9.17, 15) is 0 Å². The predicted molar refractivity (Wildman–Crippen MR) is 92.5 cm³/mol. The van der Waals surface area contributed by atoms with Gasteiger partial charge in [0.05, 0.1) is 12.8 Å². The van der Waals surface area contributed by atoms with Crippen LogP contribution in [0.3, 0.4) is 0 Å². The summed E-state index contributed by atoms with van der Waals surface area (Å²) in [5.74, 6) is 0.819. The number of rotatable bonds is 6. The smallest absolute Gasteiger partial charge is 0.142 e. The van der Waals surface area contributed by atoms with Crippen LogP contribution < -0.4 is 5.73 Å². The number of nitrogens with one attached hydrogen (secondary N) is 1. The van der Waals surface area contributed by atoms with Gasteiger partial charge in [0.2, 0.25) is 0 Å². The number of thiazole rings is 1. The quantitative estimate of drug-likeness (QED) is 0.369. The number of para-hydroxylation sites is 1. The fraction of sp³-hybridized carbons (Fsp3) is 0.176. The Hall–Kier alpha value is -2.40. The lowest BCUT2D eigenvalue weighted by molar-refractivity contribution is 0.305. The predicted octanol–water partition coefficient (Wildman–Crippen LogP) is 3.79. The monoisotopic (exact) mass is 313 g/mol. The number of nitrogens with two attached hydrogens (primary N) is 1. The van der Waals surface area contributed by atoms with Crippen LogP contribution in [0.2, 0.25) is 0 Å². The van der Waals surface area contributed by atoms with E-state index < -0.39 is 0 Å². The van der Waals surface area contributed by atoms with E-state index in [0.29, 0.717) is 22.0 Å². The van der Waals surface area contributed by atoms with E-state index in [-0.39, 0.29) is 0 Å². The average molecular weight is 313 g/mol. The molecule has 0 radical (unpaired) electrons. The zero-order chi connectivity index (χ0) is 15.9. The summed E-state index contributed by atoms with van der Waals surface area (Å²) in [6.07, 6.45) is 8.36. The molecule has 2 aromatic rings. The molecule has 0 amide bonds. The van der Waals surface area contributed by atoms with Crippen LogP contribution in [0.4, 0.5) is 5.69 Å². The number of nitrogen functional groups attached to an aromatic ring is 1. The Morgan fingerprint density at radius 3 is 2.86 bits per heavy atom. The molecule has 5 heteroatoms. The molecule has 114 valence electrons. The van der Waals surface area contributed by atoms with Crippen LogP contribution in [-0.2, 0) is 11.2 Å². The summed E-state index contributed by atoms with van der Waals surface area (Å²) in [6, 6.07) is 7.37. The lowest BCUT2D eigenvalue weighted by atomic mass is 10.1. The van der Waals surface area contributed by atoms with E-state index in [4.69, 9.17) is 15.9 Å². The Labute approximate surface area is 134 Å². The van der Waals surface area contributed by atoms with E-state index >= 15 is 0 Å². The van der Waals surface area contributed by atoms with Crippen molar-refractivity contribution in [2.24, 2.45) is 0 Å². The SMILES string of the molecule is C/C=C\C(=C/Cc1cnc(C(=N)c2ccccc2N)s1)OC. The van der Waals surface area contributed by atoms with Gasteiger partial charge >= 0.3 is 0 Å². The lowest BCUT2D eigenvalue weighted by Gasteiger charge is -2.03. The van der Waals surface area contributed by atoms with Gasteiger partial charge in [0.1, 0.15) is 10.8 Å². The lowest BCUT2D eigenvalue weighted by Crippen LogP contribution is -2.04. The van der Waals surface area contributed by atoms with Crippen LogP contribution in [0.1, 0.15) is 22.4 Å². The second-order valence-corrected chi connectivity index (χ2v) is 5.72. The molecular weight excluding hydrogens is 294 g/mol. The Kier molecular flexibility index (Phi) is 5.49. The van der Waals surface area contributed by atoms with Gasteiger partial charge in [-0.3, -0.25) is 5.41 Å². The normalized spacial score (nSPS) is 11.8. The minimum atomic E-state index is 0.360. The van der Waals surface area contributed by atoms with Crippen molar-refractivity contribution in [1.29, 1.82) is 5.41 Å². The van der Waals surface area contributed by atoms with E-state index in [2.05, 4.69) is 4.98 Å². The highest BCUT2D eigenvalue weighted by atomic mass is 32.1. The van der Waals surface area contributed by atoms with Crippen LogP contribution in [0.25, 0.3) is 0 Å². The summed E-state index contributed by atoms with van der Waals surface area (Å²) in [5.41, 5.74) is 7.59. The fourth-order valence-corrected chi connectivity index (χ4v) is 2.78. The first-order valence-corrected chi connectivity index (χ1v) is 7.72. The fourth-order valence-electron chi connectivity index (χ4n) is 1.94. The van der Waals surface area contributed by atoms with Crippen LogP contribution in [0.5, 0.6) is 0 Å². The van der Waals surface area contributed by atoms with Gasteiger partial charge in [0.15, 0.2) is 0 Å². The van der Waals surface area contributed by atoms with Crippen LogP contribution in [-0.4, -0.2) is 17.8 Å². The van der Waals surface area contributed by atoms with Gasteiger partial charge in [-0.25, -0.2) is 4.98 Å². The summed E-state index contributed by atoms with van der Waals surface area (Å²) in [5, 5.41) is 8.93. The number of ether oxygens (including phenoxy) is 1. The zero-order valence-corrected chi connectivity index (χ0v) is 13.5. The molecule has 1 aromatic heterocycles. The van der Waals surface area contributed by atoms with Crippen LogP contribution in [0, 0.1) is 5.41 Å². The largest absolute Gasteiger partial charge is 0.497 e. The highest BCUT2D eigenvalue weighted by molar-refractivity contribution is 7.13. The van der Waals surface area contributed by atoms with Crippen LogP contribution in [0.15, 0.2) is 54.4 Å². The van der Waals surface area contributed by atoms with Crippen molar-refractivity contribution in [3.63, 3.8) is 0 Å². The Balaban J connectivity index is 2.15. The zero-order valence-electron chi connectivity index (χ0n) is 12.7. The third kappa shape index (κ3) is 3.83. The Morgan fingerprint density at radius 1 is 1.41 bits per heavy atom. The van der Waals surface area contributed by atoms with Gasteiger partial charge in [-0.15, -0.1) is 11.3 Å². The molecule has 0 saturated heterocycles. The highest BCUT2D eigenvalue weighted by Crippen LogP contribution is 2.21. The molecule has 0 aliphatic carbocycles. The summed E-state index contributed by atoms with van der Waals surface area (Å²) in [7, 11) is 1.65. The maximum atomic E-state index is 8.26. The highest BCUT2D eigenvalue weighted by Gasteiger charge is 2.11. The molecule has 0 spiro atoms. The van der Waals surface area contributed by atoms with Gasteiger partial charge in [0, 0.05) is 28.7 Å². The minimum absolute atomic E-state index is 0.360. The molecule has 0 bridgehead atoms. The van der Waals surface area contributed by atoms with Crippen molar-refractivity contribution in [3.8, 4) is 0 Å². The van der Waals surface area contributed by atoms with Crippen molar-refractivity contribution >= 4 is 22.7 Å². The van der Waals surface area contributed by atoms with Crippen molar-refractivity contribution < 1.29 is 4.74 Å². The van der Waals surface area contributed by atoms with Crippen molar-refractivity contribution in [3.05, 3.63) is 69.9 Å². The maximum absolute atomic E-state index is 8.26. The van der Waals surface area contributed by atoms with E-state index in [0.717, 1.165) is 17.1 Å². The molecule has 2 rings (SSSR count). The molecule has 0 aliphatic rings. The second-order valence-electron chi connectivity index (χ2n) is 4.61. The molecule has 0 atom stereocenters. The maximum Gasteiger partial charge on any atom is 0.142 e. The summed E-state index contributed by atoms with van der Waals surface area (Å²) in [6.45, 7) is 1.95. The number of hydrogen-bond acceptors (Lipinski definition) is 5. The molecular formula is C17H19N3OS. The van der Waals surface area contributed by atoms with E-state index in [1.54, 1.807) is 19.4 Å². The van der Waals surface area contributed by atoms with Gasteiger partial charge in [-0.05, 0) is 25.1 Å². The summed E-state index contributed by atoms with van der Waals surface area (Å²) >= 11 is 1.50. The average Bonchev–Trinajstić information content (AvgIpc) is 3.00. The standard InChI is InChI=1S/C17H19N3OS/c1-3-6-12(21-2)9-10-13-11-20-17(22-13)16(19)14-7-4-5-8-15(14)18/h3-9,11,19H,10,18H2,1-2H3/b6-3-,12-9+,19-16?. The van der Waals surface area contributed by atoms with Gasteiger partial charge in [0.25, 0.3) is 0 Å². The third-order valence-electron chi connectivity index (χ3n) is 3.07. The number of nitrogens with zero attached hydrogens (tertiary/aromatic N) is 1. The summed E-state index contributed by atoms with van der Waals surface area (Å²) < 4.78 is 5.25. The van der Waals surface area contributed by atoms with E-state index in [1.165, 1.54) is 11.3 Å².